The SMILES string of the molecule is CC=C(C=NC)c1ccc2c(c1)c(C(C)=O)cn2CC(=O)N1C[C@H](F)C[C@H]1C(=O)NC1CCCc2nc(-c3ccc(F)cc3)sc21. The molecule has 2 aromatic carbocycles. The van der Waals surface area contributed by atoms with E-state index in [1.54, 1.807) is 36.2 Å². The fourth-order valence-electron chi connectivity index (χ4n) is 6.43. The number of hydrogen-bond acceptors (Lipinski definition) is 6. The van der Waals surface area contributed by atoms with Crippen molar-refractivity contribution in [3.05, 3.63) is 82.3 Å². The van der Waals surface area contributed by atoms with Gasteiger partial charge in [0.25, 0.3) is 0 Å². The monoisotopic (exact) mass is 643 g/mol. The molecule has 238 valence electrons. The van der Waals surface area contributed by atoms with Gasteiger partial charge in [0.15, 0.2) is 5.78 Å². The van der Waals surface area contributed by atoms with Crippen LogP contribution < -0.4 is 5.32 Å². The van der Waals surface area contributed by atoms with Gasteiger partial charge in [-0.2, -0.15) is 0 Å². The minimum atomic E-state index is -1.33. The van der Waals surface area contributed by atoms with Gasteiger partial charge >= 0.3 is 0 Å². The van der Waals surface area contributed by atoms with Crippen molar-refractivity contribution in [2.45, 2.75) is 64.3 Å². The summed E-state index contributed by atoms with van der Waals surface area (Å²) in [5.74, 6) is -1.26. The molecule has 2 aliphatic rings. The lowest BCUT2D eigenvalue weighted by atomic mass is 9.97. The van der Waals surface area contributed by atoms with Gasteiger partial charge < -0.3 is 14.8 Å². The van der Waals surface area contributed by atoms with Gasteiger partial charge in [0.1, 0.15) is 29.6 Å². The lowest BCUT2D eigenvalue weighted by molar-refractivity contribution is -0.139. The van der Waals surface area contributed by atoms with E-state index in [9.17, 15) is 23.2 Å². The number of fused-ring (bicyclic) bond motifs is 2. The molecule has 1 aliphatic heterocycles. The summed E-state index contributed by atoms with van der Waals surface area (Å²) in [6.07, 6.45) is 6.22. The lowest BCUT2D eigenvalue weighted by Crippen LogP contribution is -2.48. The predicted octanol–water partition coefficient (Wildman–Crippen LogP) is 6.34. The Balaban J connectivity index is 1.21. The molecular weight excluding hydrogens is 608 g/mol. The molecule has 1 unspecified atom stereocenters. The Kier molecular flexibility index (Phi) is 8.95. The number of amides is 2. The molecule has 1 N–H and O–H groups in total. The highest BCUT2D eigenvalue weighted by molar-refractivity contribution is 7.15. The number of aryl methyl sites for hydroxylation is 1. The fourth-order valence-corrected chi connectivity index (χ4v) is 7.63. The number of alkyl halides is 1. The number of rotatable bonds is 8. The van der Waals surface area contributed by atoms with Gasteiger partial charge in [-0.25, -0.2) is 13.8 Å². The van der Waals surface area contributed by atoms with E-state index in [1.165, 1.54) is 35.3 Å². The Morgan fingerprint density at radius 2 is 1.96 bits per heavy atom. The van der Waals surface area contributed by atoms with Crippen molar-refractivity contribution in [1.29, 1.82) is 0 Å². The smallest absolute Gasteiger partial charge is 0.243 e. The van der Waals surface area contributed by atoms with Crippen LogP contribution in [0.25, 0.3) is 27.0 Å². The first-order valence-corrected chi connectivity index (χ1v) is 16.2. The van der Waals surface area contributed by atoms with Gasteiger partial charge in [0, 0.05) is 47.9 Å². The van der Waals surface area contributed by atoms with Crippen LogP contribution in [0.3, 0.4) is 0 Å². The molecule has 3 heterocycles. The summed E-state index contributed by atoms with van der Waals surface area (Å²) in [6, 6.07) is 10.6. The summed E-state index contributed by atoms with van der Waals surface area (Å²) in [4.78, 5) is 51.0. The summed E-state index contributed by atoms with van der Waals surface area (Å²) >= 11 is 1.46. The Morgan fingerprint density at radius 3 is 2.67 bits per heavy atom. The topological polar surface area (TPSA) is 96.7 Å². The van der Waals surface area contributed by atoms with Crippen molar-refractivity contribution in [3.63, 3.8) is 0 Å². The van der Waals surface area contributed by atoms with E-state index in [4.69, 9.17) is 4.98 Å². The highest BCUT2D eigenvalue weighted by atomic mass is 32.1. The van der Waals surface area contributed by atoms with Gasteiger partial charge in [0.05, 0.1) is 23.2 Å². The number of ketones is 1. The number of nitrogens with one attached hydrogen (secondary N) is 1. The minimum absolute atomic E-state index is 0.0831. The van der Waals surface area contributed by atoms with Crippen LogP contribution in [0.5, 0.6) is 0 Å². The molecule has 0 saturated carbocycles. The lowest BCUT2D eigenvalue weighted by Gasteiger charge is -2.28. The zero-order valence-electron chi connectivity index (χ0n) is 25.9. The first-order chi connectivity index (χ1) is 22.2. The van der Waals surface area contributed by atoms with E-state index >= 15 is 0 Å². The molecule has 2 aromatic heterocycles. The number of nitrogens with zero attached hydrogens (tertiary/aromatic N) is 4. The summed E-state index contributed by atoms with van der Waals surface area (Å²) in [5, 5.41) is 4.55. The number of likely N-dealkylation sites (tertiary alicyclic amines) is 1. The third kappa shape index (κ3) is 6.16. The van der Waals surface area contributed by atoms with Crippen molar-refractivity contribution in [1.82, 2.24) is 19.8 Å². The van der Waals surface area contributed by atoms with Crippen LogP contribution in [0.15, 0.2) is 59.7 Å². The standard InChI is InChI=1S/C35H35F2N5O3S/c1-4-21(16-38-3)23-10-13-30-26(14-23)27(20(2)43)18-41(30)19-32(44)42-17-25(37)15-31(42)34(45)39-28-6-5-7-29-33(28)46-35(40-29)22-8-11-24(36)12-9-22/h4,8-14,16,18,25,28,31H,5-7,15,17,19H2,1-3H3,(H,39,45)/t25-,28?,31+/m1/s1. The molecule has 1 fully saturated rings. The maximum atomic E-state index is 14.8. The number of hydrogen-bond donors (Lipinski definition) is 1. The Morgan fingerprint density at radius 1 is 1.17 bits per heavy atom. The number of carbonyl (C=O) groups excluding carboxylic acids is 3. The van der Waals surface area contributed by atoms with Crippen LogP contribution in [-0.4, -0.2) is 64.1 Å². The first kappa shape index (κ1) is 31.5. The van der Waals surface area contributed by atoms with E-state index in [0.717, 1.165) is 45.1 Å². The number of aliphatic imine (C=N–C) groups is 1. The molecule has 2 amide bonds. The number of aromatic nitrogens is 2. The predicted molar refractivity (Wildman–Crippen MR) is 176 cm³/mol. The average molecular weight is 644 g/mol. The molecule has 6 rings (SSSR count). The summed E-state index contributed by atoms with van der Waals surface area (Å²) in [5.41, 5.74) is 4.66. The molecule has 1 aliphatic carbocycles. The zero-order chi connectivity index (χ0) is 32.5. The number of Topliss-reactive ketones (excluding diaryl/α,β-unsaturated/α-hetero) is 1. The van der Waals surface area contributed by atoms with Crippen LogP contribution in [0.4, 0.5) is 8.78 Å². The second-order valence-electron chi connectivity index (χ2n) is 11.8. The van der Waals surface area contributed by atoms with Gasteiger partial charge in [-0.15, -0.1) is 11.3 Å². The molecule has 11 heteroatoms. The molecule has 0 radical (unpaired) electrons. The second-order valence-corrected chi connectivity index (χ2v) is 12.8. The van der Waals surface area contributed by atoms with Crippen molar-refractivity contribution in [3.8, 4) is 10.6 Å². The van der Waals surface area contributed by atoms with Gasteiger partial charge in [-0.05, 0) is 80.6 Å². The third-order valence-corrected chi connectivity index (χ3v) is 9.97. The van der Waals surface area contributed by atoms with E-state index < -0.39 is 24.0 Å². The third-order valence-electron chi connectivity index (χ3n) is 8.71. The van der Waals surface area contributed by atoms with Crippen molar-refractivity contribution >= 4 is 51.6 Å². The Bertz CT molecular complexity index is 1880. The fraction of sp³-hybridized carbons (Fsp3) is 0.343. The molecule has 4 aromatic rings. The summed E-state index contributed by atoms with van der Waals surface area (Å²) < 4.78 is 30.0. The maximum absolute atomic E-state index is 14.8. The molecule has 1 saturated heterocycles. The zero-order valence-corrected chi connectivity index (χ0v) is 26.7. The van der Waals surface area contributed by atoms with Crippen LogP contribution in [0.1, 0.15) is 65.6 Å². The van der Waals surface area contributed by atoms with Crippen LogP contribution in [0.2, 0.25) is 0 Å². The Hall–Kier alpha value is -4.51. The number of halogens is 2. The summed E-state index contributed by atoms with van der Waals surface area (Å²) in [7, 11) is 1.69. The molecule has 8 nitrogen and oxygen atoms in total. The van der Waals surface area contributed by atoms with Crippen LogP contribution >= 0.6 is 11.3 Å². The quantitative estimate of drug-likeness (QED) is 0.179. The van der Waals surface area contributed by atoms with Crippen molar-refractivity contribution in [2.24, 2.45) is 4.99 Å². The van der Waals surface area contributed by atoms with Gasteiger partial charge in [-0.3, -0.25) is 19.4 Å². The van der Waals surface area contributed by atoms with Crippen LogP contribution in [0, 0.1) is 5.82 Å². The molecule has 0 spiro atoms. The molecular formula is C35H35F2N5O3S. The number of allylic oxidation sites excluding steroid dienone is 2. The first-order valence-electron chi connectivity index (χ1n) is 15.4. The second kappa shape index (κ2) is 13.1. The average Bonchev–Trinajstić information content (AvgIpc) is 3.76. The number of thiazole rings is 1. The van der Waals surface area contributed by atoms with E-state index in [1.807, 2.05) is 31.2 Å². The van der Waals surface area contributed by atoms with E-state index in [2.05, 4.69) is 10.3 Å². The Labute approximate surface area is 269 Å². The minimum Gasteiger partial charge on any atom is -0.347 e. The van der Waals surface area contributed by atoms with Crippen LogP contribution in [-0.2, 0) is 22.6 Å². The largest absolute Gasteiger partial charge is 0.347 e. The maximum Gasteiger partial charge on any atom is 0.243 e. The molecule has 3 atom stereocenters. The highest BCUT2D eigenvalue weighted by Crippen LogP contribution is 2.38. The highest BCUT2D eigenvalue weighted by Gasteiger charge is 2.41. The van der Waals surface area contributed by atoms with Crippen molar-refractivity contribution in [2.75, 3.05) is 13.6 Å². The number of benzene rings is 2. The normalized spacial score (nSPS) is 20.0. The van der Waals surface area contributed by atoms with E-state index in [-0.39, 0.29) is 37.2 Å². The van der Waals surface area contributed by atoms with Crippen molar-refractivity contribution < 1.29 is 23.2 Å². The molecule has 46 heavy (non-hydrogen) atoms. The number of carbonyl (C=O) groups is 3. The van der Waals surface area contributed by atoms with E-state index in [0.29, 0.717) is 22.9 Å². The molecule has 0 bridgehead atoms. The summed E-state index contributed by atoms with van der Waals surface area (Å²) in [6.45, 7) is 3.07. The van der Waals surface area contributed by atoms with Gasteiger partial charge in [-0.1, -0.05) is 12.1 Å². The van der Waals surface area contributed by atoms with Gasteiger partial charge in [0.2, 0.25) is 11.8 Å².